The van der Waals surface area contributed by atoms with Crippen LogP contribution in [0.3, 0.4) is 0 Å². The number of nitrogens with one attached hydrogen (secondary N) is 2. The molecule has 2 aromatic heterocycles. The van der Waals surface area contributed by atoms with E-state index in [0.717, 1.165) is 46.9 Å². The van der Waals surface area contributed by atoms with Crippen LogP contribution in [0.1, 0.15) is 40.5 Å². The zero-order valence-electron chi connectivity index (χ0n) is 12.4. The molecule has 0 atom stereocenters. The number of amides is 1. The molecule has 7 heteroatoms. The molecule has 1 aliphatic rings. The second kappa shape index (κ2) is 5.81. The van der Waals surface area contributed by atoms with Crippen LogP contribution in [0, 0.1) is 0 Å². The normalized spacial score (nSPS) is 14.0. The van der Waals surface area contributed by atoms with Gasteiger partial charge in [-0.3, -0.25) is 9.89 Å². The lowest BCUT2D eigenvalue weighted by Gasteiger charge is -2.10. The van der Waals surface area contributed by atoms with Gasteiger partial charge in [-0.15, -0.1) is 0 Å². The summed E-state index contributed by atoms with van der Waals surface area (Å²) in [7, 11) is 0. The number of fused-ring (bicyclic) bond motifs is 2. The van der Waals surface area contributed by atoms with E-state index in [9.17, 15) is 4.79 Å². The Hall–Kier alpha value is -2.15. The quantitative estimate of drug-likeness (QED) is 0.737. The third-order valence-electron chi connectivity index (χ3n) is 4.07. The van der Waals surface area contributed by atoms with E-state index in [2.05, 4.69) is 36.4 Å². The first-order chi connectivity index (χ1) is 11.2. The summed E-state index contributed by atoms with van der Waals surface area (Å²) in [5.41, 5.74) is 4.11. The fourth-order valence-electron chi connectivity index (χ4n) is 2.93. The Morgan fingerprint density at radius 2 is 2.22 bits per heavy atom. The van der Waals surface area contributed by atoms with Crippen molar-refractivity contribution < 1.29 is 9.21 Å². The van der Waals surface area contributed by atoms with Gasteiger partial charge in [-0.25, -0.2) is 4.98 Å². The van der Waals surface area contributed by atoms with Crippen molar-refractivity contribution in [2.45, 2.75) is 32.2 Å². The highest BCUT2D eigenvalue weighted by molar-refractivity contribution is 9.10. The summed E-state index contributed by atoms with van der Waals surface area (Å²) in [6.07, 6.45) is 4.13. The molecule has 1 amide bonds. The van der Waals surface area contributed by atoms with Crippen molar-refractivity contribution in [3.05, 3.63) is 45.5 Å². The summed E-state index contributed by atoms with van der Waals surface area (Å²) >= 11 is 3.40. The number of hydrogen-bond donors (Lipinski definition) is 2. The first-order valence-electron chi connectivity index (χ1n) is 7.60. The molecule has 0 fully saturated rings. The highest BCUT2D eigenvalue weighted by atomic mass is 79.9. The Kier molecular flexibility index (Phi) is 3.65. The number of aromatic nitrogens is 3. The van der Waals surface area contributed by atoms with E-state index in [1.54, 1.807) is 0 Å². The maximum absolute atomic E-state index is 12.3. The Labute approximate surface area is 140 Å². The van der Waals surface area contributed by atoms with Gasteiger partial charge in [0.25, 0.3) is 5.91 Å². The van der Waals surface area contributed by atoms with Gasteiger partial charge in [-0.2, -0.15) is 5.10 Å². The minimum atomic E-state index is -0.187. The first kappa shape index (κ1) is 14.4. The van der Waals surface area contributed by atoms with Gasteiger partial charge in [-0.1, -0.05) is 15.9 Å². The van der Waals surface area contributed by atoms with Gasteiger partial charge >= 0.3 is 0 Å². The number of rotatable bonds is 3. The first-order valence-corrected chi connectivity index (χ1v) is 8.39. The number of H-pyrrole nitrogens is 1. The van der Waals surface area contributed by atoms with E-state index in [4.69, 9.17) is 4.42 Å². The summed E-state index contributed by atoms with van der Waals surface area (Å²) in [6.45, 7) is 0.243. The summed E-state index contributed by atoms with van der Waals surface area (Å²) in [5, 5.41) is 9.99. The van der Waals surface area contributed by atoms with Crippen LogP contribution in [0.5, 0.6) is 0 Å². The molecule has 23 heavy (non-hydrogen) atoms. The third-order valence-corrected chi connectivity index (χ3v) is 4.56. The van der Waals surface area contributed by atoms with Gasteiger partial charge in [0.15, 0.2) is 11.3 Å². The fraction of sp³-hybridized carbons (Fsp3) is 0.312. The van der Waals surface area contributed by atoms with Crippen LogP contribution in [-0.4, -0.2) is 21.1 Å². The van der Waals surface area contributed by atoms with E-state index >= 15 is 0 Å². The largest absolute Gasteiger partial charge is 0.439 e. The van der Waals surface area contributed by atoms with Crippen LogP contribution >= 0.6 is 15.9 Å². The molecule has 0 aliphatic heterocycles. The fourth-order valence-corrected chi connectivity index (χ4v) is 3.28. The van der Waals surface area contributed by atoms with E-state index in [-0.39, 0.29) is 12.5 Å². The van der Waals surface area contributed by atoms with Crippen molar-refractivity contribution in [2.24, 2.45) is 0 Å². The monoisotopic (exact) mass is 374 g/mol. The van der Waals surface area contributed by atoms with Crippen LogP contribution in [0.25, 0.3) is 11.1 Å². The summed E-state index contributed by atoms with van der Waals surface area (Å²) in [4.78, 5) is 16.7. The maximum Gasteiger partial charge on any atom is 0.272 e. The highest BCUT2D eigenvalue weighted by Gasteiger charge is 2.21. The molecule has 118 valence electrons. The average molecular weight is 375 g/mol. The zero-order valence-corrected chi connectivity index (χ0v) is 13.9. The minimum absolute atomic E-state index is 0.187. The van der Waals surface area contributed by atoms with Gasteiger partial charge in [0.2, 0.25) is 5.89 Å². The zero-order chi connectivity index (χ0) is 15.8. The van der Waals surface area contributed by atoms with Crippen molar-refractivity contribution in [1.29, 1.82) is 0 Å². The molecule has 6 nitrogen and oxygen atoms in total. The lowest BCUT2D eigenvalue weighted by Crippen LogP contribution is -2.24. The number of benzene rings is 1. The van der Waals surface area contributed by atoms with Crippen molar-refractivity contribution in [3.8, 4) is 0 Å². The number of aryl methyl sites for hydroxylation is 1. The van der Waals surface area contributed by atoms with Crippen LogP contribution in [-0.2, 0) is 19.4 Å². The Balaban J connectivity index is 1.49. The maximum atomic E-state index is 12.3. The van der Waals surface area contributed by atoms with Crippen LogP contribution in [0.4, 0.5) is 0 Å². The molecule has 1 aromatic carbocycles. The van der Waals surface area contributed by atoms with E-state index in [1.165, 1.54) is 0 Å². The topological polar surface area (TPSA) is 83.8 Å². The van der Waals surface area contributed by atoms with Gasteiger partial charge < -0.3 is 9.73 Å². The van der Waals surface area contributed by atoms with E-state index in [0.29, 0.717) is 17.2 Å². The molecule has 0 bridgehead atoms. The molecule has 2 N–H and O–H groups in total. The smallest absolute Gasteiger partial charge is 0.272 e. The number of nitrogens with zero attached hydrogens (tertiary/aromatic N) is 2. The molecular formula is C16H15BrN4O2. The van der Waals surface area contributed by atoms with E-state index < -0.39 is 0 Å². The number of carbonyl (C=O) groups excluding carboxylic acids is 1. The standard InChI is InChI=1S/C16H15BrN4O2/c17-9-5-6-13-12(7-9)19-14(23-13)8-18-16(22)15-10-3-1-2-4-11(10)20-21-15/h5-7H,1-4,8H2,(H,18,22)(H,20,21). The van der Waals surface area contributed by atoms with Gasteiger partial charge in [0, 0.05) is 15.7 Å². The second-order valence-electron chi connectivity index (χ2n) is 5.64. The number of carbonyl (C=O) groups is 1. The SMILES string of the molecule is O=C(NCc1nc2cc(Br)ccc2o1)c1n[nH]c2c1CCCC2. The van der Waals surface area contributed by atoms with Crippen molar-refractivity contribution >= 4 is 32.9 Å². The number of hydrogen-bond acceptors (Lipinski definition) is 4. The van der Waals surface area contributed by atoms with Gasteiger partial charge in [0.1, 0.15) is 5.52 Å². The molecule has 0 unspecified atom stereocenters. The molecule has 0 spiro atoms. The molecule has 0 saturated heterocycles. The Bertz CT molecular complexity index is 883. The molecule has 0 radical (unpaired) electrons. The van der Waals surface area contributed by atoms with E-state index in [1.807, 2.05) is 18.2 Å². The second-order valence-corrected chi connectivity index (χ2v) is 6.55. The molecule has 4 rings (SSSR count). The molecule has 2 heterocycles. The molecular weight excluding hydrogens is 360 g/mol. The van der Waals surface area contributed by atoms with Gasteiger partial charge in [0.05, 0.1) is 6.54 Å². The molecule has 0 saturated carbocycles. The Morgan fingerprint density at radius 1 is 1.35 bits per heavy atom. The lowest BCUT2D eigenvalue weighted by molar-refractivity contribution is 0.0941. The van der Waals surface area contributed by atoms with Crippen molar-refractivity contribution in [2.75, 3.05) is 0 Å². The molecule has 3 aromatic rings. The highest BCUT2D eigenvalue weighted by Crippen LogP contribution is 2.23. The van der Waals surface area contributed by atoms with Crippen LogP contribution in [0.2, 0.25) is 0 Å². The lowest BCUT2D eigenvalue weighted by atomic mass is 9.96. The summed E-state index contributed by atoms with van der Waals surface area (Å²) in [5.74, 6) is 0.295. The minimum Gasteiger partial charge on any atom is -0.439 e. The summed E-state index contributed by atoms with van der Waals surface area (Å²) < 4.78 is 6.57. The number of aromatic amines is 1. The third kappa shape index (κ3) is 2.76. The Morgan fingerprint density at radius 3 is 3.13 bits per heavy atom. The predicted molar refractivity (Wildman–Crippen MR) is 88.1 cm³/mol. The molecule has 1 aliphatic carbocycles. The summed E-state index contributed by atoms with van der Waals surface area (Å²) in [6, 6.07) is 5.63. The van der Waals surface area contributed by atoms with Crippen molar-refractivity contribution in [3.63, 3.8) is 0 Å². The number of halogens is 1. The average Bonchev–Trinajstić information content (AvgIpc) is 3.15. The van der Waals surface area contributed by atoms with Crippen molar-refractivity contribution in [1.82, 2.24) is 20.5 Å². The van der Waals surface area contributed by atoms with Crippen LogP contribution < -0.4 is 5.32 Å². The van der Waals surface area contributed by atoms with Gasteiger partial charge in [-0.05, 0) is 43.9 Å². The van der Waals surface area contributed by atoms with Crippen LogP contribution in [0.15, 0.2) is 27.1 Å². The predicted octanol–water partition coefficient (Wildman–Crippen LogP) is 3.12. The number of oxazole rings is 1.